The van der Waals surface area contributed by atoms with E-state index < -0.39 is 18.1 Å². The maximum absolute atomic E-state index is 12.0. The van der Waals surface area contributed by atoms with E-state index in [1.165, 1.54) is 11.9 Å². The van der Waals surface area contributed by atoms with Gasteiger partial charge in [0.2, 0.25) is 0 Å². The van der Waals surface area contributed by atoms with Crippen molar-refractivity contribution in [2.45, 2.75) is 32.7 Å². The molecule has 1 unspecified atom stereocenters. The van der Waals surface area contributed by atoms with Gasteiger partial charge in [-0.05, 0) is 18.8 Å². The quantitative estimate of drug-likeness (QED) is 0.371. The molecule has 0 rings (SSSR count). The molecule has 0 bridgehead atoms. The van der Waals surface area contributed by atoms with E-state index in [2.05, 4.69) is 13.2 Å². The van der Waals surface area contributed by atoms with Crippen molar-refractivity contribution in [3.05, 3.63) is 25.3 Å². The average Bonchev–Trinajstić information content (AvgIpc) is 2.38. The summed E-state index contributed by atoms with van der Waals surface area (Å²) in [5, 5.41) is 0. The molecule has 5 nitrogen and oxygen atoms in total. The van der Waals surface area contributed by atoms with Gasteiger partial charge in [-0.3, -0.25) is 4.90 Å². The van der Waals surface area contributed by atoms with Crippen LogP contribution in [0, 0.1) is 5.92 Å². The molecule has 1 atom stereocenters. The zero-order valence-electron chi connectivity index (χ0n) is 12.6. The Morgan fingerprint density at radius 1 is 1.10 bits per heavy atom. The SMILES string of the molecule is C=CCCOC(=O)C(C(C)C)N(C)C(=O)OCCC=C. The van der Waals surface area contributed by atoms with Crippen molar-refractivity contribution < 1.29 is 19.1 Å². The topological polar surface area (TPSA) is 55.8 Å². The maximum atomic E-state index is 12.0. The van der Waals surface area contributed by atoms with Crippen LogP contribution in [0.15, 0.2) is 25.3 Å². The molecule has 20 heavy (non-hydrogen) atoms. The molecular weight excluding hydrogens is 258 g/mol. The summed E-state index contributed by atoms with van der Waals surface area (Å²) in [6, 6.07) is -0.656. The van der Waals surface area contributed by atoms with Gasteiger partial charge >= 0.3 is 12.1 Å². The fourth-order valence-corrected chi connectivity index (χ4v) is 1.65. The van der Waals surface area contributed by atoms with Crippen LogP contribution in [0.1, 0.15) is 26.7 Å². The van der Waals surface area contributed by atoms with Gasteiger partial charge in [-0.1, -0.05) is 26.0 Å². The summed E-state index contributed by atoms with van der Waals surface area (Å²) in [6.07, 6.45) is 3.97. The second kappa shape index (κ2) is 10.1. The number of amides is 1. The summed E-state index contributed by atoms with van der Waals surface area (Å²) in [7, 11) is 1.54. The van der Waals surface area contributed by atoms with Crippen molar-refractivity contribution in [1.29, 1.82) is 0 Å². The number of nitrogens with zero attached hydrogens (tertiary/aromatic N) is 1. The van der Waals surface area contributed by atoms with Crippen molar-refractivity contribution >= 4 is 12.1 Å². The minimum absolute atomic E-state index is 0.0665. The lowest BCUT2D eigenvalue weighted by molar-refractivity contribution is -0.150. The maximum Gasteiger partial charge on any atom is 0.410 e. The van der Waals surface area contributed by atoms with Crippen molar-refractivity contribution in [3.63, 3.8) is 0 Å². The molecule has 0 aromatic carbocycles. The van der Waals surface area contributed by atoms with Crippen LogP contribution >= 0.6 is 0 Å². The summed E-state index contributed by atoms with van der Waals surface area (Å²) < 4.78 is 10.2. The molecule has 0 aliphatic carbocycles. The largest absolute Gasteiger partial charge is 0.464 e. The Hall–Kier alpha value is -1.78. The first-order valence-electron chi connectivity index (χ1n) is 6.73. The highest BCUT2D eigenvalue weighted by molar-refractivity contribution is 5.81. The molecule has 5 heteroatoms. The van der Waals surface area contributed by atoms with Crippen molar-refractivity contribution in [2.24, 2.45) is 5.92 Å². The monoisotopic (exact) mass is 283 g/mol. The van der Waals surface area contributed by atoms with Crippen LogP contribution in [0.4, 0.5) is 4.79 Å². The van der Waals surface area contributed by atoms with E-state index in [-0.39, 0.29) is 19.1 Å². The molecule has 0 saturated carbocycles. The zero-order chi connectivity index (χ0) is 15.5. The number of rotatable bonds is 9. The molecule has 0 N–H and O–H groups in total. The zero-order valence-corrected chi connectivity index (χ0v) is 12.6. The Balaban J connectivity index is 4.55. The normalized spacial score (nSPS) is 11.6. The Kier molecular flexibility index (Phi) is 9.17. The fourth-order valence-electron chi connectivity index (χ4n) is 1.65. The highest BCUT2D eigenvalue weighted by Gasteiger charge is 2.31. The van der Waals surface area contributed by atoms with Crippen LogP contribution in [0.25, 0.3) is 0 Å². The second-order valence-electron chi connectivity index (χ2n) is 4.74. The van der Waals surface area contributed by atoms with Crippen LogP contribution in [0.5, 0.6) is 0 Å². The highest BCUT2D eigenvalue weighted by Crippen LogP contribution is 2.13. The molecule has 0 spiro atoms. The third-order valence-corrected chi connectivity index (χ3v) is 2.69. The van der Waals surface area contributed by atoms with Crippen molar-refractivity contribution in [2.75, 3.05) is 20.3 Å². The van der Waals surface area contributed by atoms with E-state index in [0.717, 1.165) is 0 Å². The lowest BCUT2D eigenvalue weighted by atomic mass is 10.0. The number of carbonyl (C=O) groups excluding carboxylic acids is 2. The van der Waals surface area contributed by atoms with E-state index >= 15 is 0 Å². The molecule has 0 heterocycles. The number of hydrogen-bond donors (Lipinski definition) is 0. The van der Waals surface area contributed by atoms with Crippen LogP contribution in [0.2, 0.25) is 0 Å². The van der Waals surface area contributed by atoms with Crippen molar-refractivity contribution in [3.8, 4) is 0 Å². The van der Waals surface area contributed by atoms with Gasteiger partial charge in [0.25, 0.3) is 0 Å². The van der Waals surface area contributed by atoms with Gasteiger partial charge in [-0.15, -0.1) is 13.2 Å². The summed E-state index contributed by atoms with van der Waals surface area (Å²) in [5.41, 5.74) is 0. The number of ether oxygens (including phenoxy) is 2. The third-order valence-electron chi connectivity index (χ3n) is 2.69. The smallest absolute Gasteiger partial charge is 0.410 e. The molecular formula is C15H25NO4. The third kappa shape index (κ3) is 6.41. The van der Waals surface area contributed by atoms with Crippen LogP contribution in [0.3, 0.4) is 0 Å². The van der Waals surface area contributed by atoms with Gasteiger partial charge in [0.05, 0.1) is 13.2 Å². The molecule has 0 radical (unpaired) electrons. The average molecular weight is 283 g/mol. The fraction of sp³-hybridized carbons (Fsp3) is 0.600. The van der Waals surface area contributed by atoms with Gasteiger partial charge in [0.1, 0.15) is 6.04 Å². The Labute approximate surface area is 121 Å². The summed E-state index contributed by atoms with van der Waals surface area (Å²) in [5.74, 6) is -0.492. The molecule has 0 aromatic heterocycles. The number of carbonyl (C=O) groups is 2. The van der Waals surface area contributed by atoms with Crippen molar-refractivity contribution in [1.82, 2.24) is 4.90 Å². The molecule has 1 amide bonds. The Morgan fingerprint density at radius 3 is 2.05 bits per heavy atom. The minimum Gasteiger partial charge on any atom is -0.464 e. The number of likely N-dealkylation sites (N-methyl/N-ethyl adjacent to an activating group) is 1. The predicted molar refractivity (Wildman–Crippen MR) is 78.3 cm³/mol. The van der Waals surface area contributed by atoms with E-state index in [0.29, 0.717) is 12.8 Å². The first kappa shape index (κ1) is 18.2. The molecule has 0 saturated heterocycles. The van der Waals surface area contributed by atoms with Crippen LogP contribution in [-0.4, -0.2) is 43.3 Å². The molecule has 0 aliphatic heterocycles. The summed E-state index contributed by atoms with van der Waals surface area (Å²) in [6.45, 7) is 11.3. The first-order valence-corrected chi connectivity index (χ1v) is 6.73. The molecule has 0 fully saturated rings. The van der Waals surface area contributed by atoms with Gasteiger partial charge in [0.15, 0.2) is 0 Å². The lowest BCUT2D eigenvalue weighted by Crippen LogP contribution is -2.46. The second-order valence-corrected chi connectivity index (χ2v) is 4.74. The lowest BCUT2D eigenvalue weighted by Gasteiger charge is -2.28. The summed E-state index contributed by atoms with van der Waals surface area (Å²) in [4.78, 5) is 25.1. The van der Waals surface area contributed by atoms with Gasteiger partial charge in [-0.2, -0.15) is 0 Å². The van der Waals surface area contributed by atoms with Gasteiger partial charge in [-0.25, -0.2) is 9.59 Å². The molecule has 0 aromatic rings. The Bertz CT molecular complexity index is 339. The van der Waals surface area contributed by atoms with Crippen LogP contribution < -0.4 is 0 Å². The van der Waals surface area contributed by atoms with E-state index in [1.54, 1.807) is 12.2 Å². The standard InChI is InChI=1S/C15H25NO4/c1-6-8-10-19-14(17)13(12(3)4)16(5)15(18)20-11-9-7-2/h6-7,12-13H,1-2,8-11H2,3-5H3. The van der Waals surface area contributed by atoms with E-state index in [1.807, 2.05) is 13.8 Å². The van der Waals surface area contributed by atoms with E-state index in [9.17, 15) is 9.59 Å². The number of esters is 1. The van der Waals surface area contributed by atoms with Gasteiger partial charge in [0, 0.05) is 7.05 Å². The van der Waals surface area contributed by atoms with Gasteiger partial charge < -0.3 is 9.47 Å². The predicted octanol–water partition coefficient (Wildman–Crippen LogP) is 2.77. The molecule has 114 valence electrons. The first-order chi connectivity index (χ1) is 9.45. The number of hydrogen-bond acceptors (Lipinski definition) is 4. The Morgan fingerprint density at radius 2 is 1.60 bits per heavy atom. The summed E-state index contributed by atoms with van der Waals surface area (Å²) >= 11 is 0. The highest BCUT2D eigenvalue weighted by atomic mass is 16.6. The minimum atomic E-state index is -0.656. The van der Waals surface area contributed by atoms with Crippen LogP contribution in [-0.2, 0) is 14.3 Å². The van der Waals surface area contributed by atoms with E-state index in [4.69, 9.17) is 9.47 Å². The molecule has 0 aliphatic rings.